The summed E-state index contributed by atoms with van der Waals surface area (Å²) < 4.78 is 11.6. The highest BCUT2D eigenvalue weighted by Crippen LogP contribution is 2.32. The van der Waals surface area contributed by atoms with E-state index in [1.54, 1.807) is 18.2 Å². The van der Waals surface area contributed by atoms with Gasteiger partial charge in [-0.15, -0.1) is 0 Å². The zero-order chi connectivity index (χ0) is 19.2. The first-order valence-electron chi connectivity index (χ1n) is 8.16. The van der Waals surface area contributed by atoms with Crippen LogP contribution < -0.4 is 15.6 Å². The lowest BCUT2D eigenvalue weighted by Crippen LogP contribution is -2.43. The van der Waals surface area contributed by atoms with Crippen molar-refractivity contribution in [3.63, 3.8) is 0 Å². The number of fused-ring (bicyclic) bond motifs is 1. The van der Waals surface area contributed by atoms with Gasteiger partial charge in [-0.2, -0.15) is 0 Å². The van der Waals surface area contributed by atoms with Crippen molar-refractivity contribution in [1.82, 2.24) is 10.9 Å². The van der Waals surface area contributed by atoms with Gasteiger partial charge >= 0.3 is 0 Å². The second-order valence-electron chi connectivity index (χ2n) is 5.71. The highest BCUT2D eigenvalue weighted by atomic mass is 79.9. The van der Waals surface area contributed by atoms with Crippen LogP contribution in [0.4, 0.5) is 0 Å². The average Bonchev–Trinajstić information content (AvgIpc) is 3.09. The first kappa shape index (κ1) is 18.7. The van der Waals surface area contributed by atoms with E-state index >= 15 is 0 Å². The van der Waals surface area contributed by atoms with Crippen molar-refractivity contribution >= 4 is 44.6 Å². The molecule has 1 aromatic heterocycles. The first-order valence-corrected chi connectivity index (χ1v) is 8.95. The molecule has 27 heavy (non-hydrogen) atoms. The average molecular weight is 429 g/mol. The largest absolute Gasteiger partial charge is 0.483 e. The van der Waals surface area contributed by atoms with E-state index in [0.29, 0.717) is 11.5 Å². The van der Waals surface area contributed by atoms with Crippen LogP contribution in [0.25, 0.3) is 16.8 Å². The van der Waals surface area contributed by atoms with Crippen LogP contribution in [0.3, 0.4) is 0 Å². The molecule has 0 unspecified atom stereocenters. The summed E-state index contributed by atoms with van der Waals surface area (Å²) >= 11 is 3.49. The van der Waals surface area contributed by atoms with Crippen LogP contribution in [-0.2, 0) is 9.59 Å². The molecule has 2 amide bonds. The molecule has 2 N–H and O–H groups in total. The maximum Gasteiger partial charge on any atom is 0.276 e. The Bertz CT molecular complexity index is 1010. The summed E-state index contributed by atoms with van der Waals surface area (Å²) in [6, 6.07) is 15.1. The minimum absolute atomic E-state index is 0.238. The maximum absolute atomic E-state index is 11.9. The number of hydrazine groups is 1. The summed E-state index contributed by atoms with van der Waals surface area (Å²) in [7, 11) is 0. The van der Waals surface area contributed by atoms with Crippen LogP contribution in [0.15, 0.2) is 63.5 Å². The van der Waals surface area contributed by atoms with Crippen molar-refractivity contribution in [2.45, 2.75) is 6.92 Å². The van der Waals surface area contributed by atoms with Crippen LogP contribution >= 0.6 is 15.9 Å². The number of aryl methyl sites for hydroxylation is 1. The lowest BCUT2D eigenvalue weighted by Gasteiger charge is -2.10. The number of halogens is 1. The molecule has 6 nitrogen and oxygen atoms in total. The van der Waals surface area contributed by atoms with E-state index in [1.807, 2.05) is 37.3 Å². The summed E-state index contributed by atoms with van der Waals surface area (Å²) in [5.74, 6) is 0.886. The van der Waals surface area contributed by atoms with Gasteiger partial charge in [-0.05, 0) is 57.9 Å². The fraction of sp³-hybridized carbons (Fsp3) is 0.100. The van der Waals surface area contributed by atoms with Crippen LogP contribution in [0.5, 0.6) is 5.75 Å². The predicted octanol–water partition coefficient (Wildman–Crippen LogP) is 3.74. The Morgan fingerprint density at radius 3 is 2.70 bits per heavy atom. The molecule has 7 heteroatoms. The SMILES string of the molecule is Cc1ccc(/C=C/C(=O)NNC(=O)COc2ccc3ccccc3c2Br)o1. The fourth-order valence-electron chi connectivity index (χ4n) is 2.38. The molecule has 3 aromatic rings. The van der Waals surface area contributed by atoms with E-state index in [4.69, 9.17) is 9.15 Å². The van der Waals surface area contributed by atoms with Crippen molar-refractivity contribution in [2.75, 3.05) is 6.61 Å². The zero-order valence-corrected chi connectivity index (χ0v) is 16.1. The molecule has 0 aliphatic rings. The number of carbonyl (C=O) groups excluding carboxylic acids is 2. The molecule has 138 valence electrons. The Hall–Kier alpha value is -3.06. The molecular formula is C20H17BrN2O4. The van der Waals surface area contributed by atoms with E-state index in [1.165, 1.54) is 12.2 Å². The Morgan fingerprint density at radius 2 is 1.93 bits per heavy atom. The van der Waals surface area contributed by atoms with Crippen molar-refractivity contribution in [1.29, 1.82) is 0 Å². The van der Waals surface area contributed by atoms with Crippen LogP contribution in [0.1, 0.15) is 11.5 Å². The summed E-state index contributed by atoms with van der Waals surface area (Å²) in [6.07, 6.45) is 2.77. The lowest BCUT2D eigenvalue weighted by molar-refractivity contribution is -0.128. The summed E-state index contributed by atoms with van der Waals surface area (Å²) in [5.41, 5.74) is 4.57. The number of amides is 2. The standard InChI is InChI=1S/C20H17BrN2O4/c1-13-6-8-15(27-13)9-11-18(24)22-23-19(25)12-26-17-10-7-14-4-2-3-5-16(14)20(17)21/h2-11H,12H2,1H3,(H,22,24)(H,23,25)/b11-9+. The van der Waals surface area contributed by atoms with Gasteiger partial charge in [0.1, 0.15) is 17.3 Å². The van der Waals surface area contributed by atoms with Gasteiger partial charge in [0.2, 0.25) is 0 Å². The normalized spacial score (nSPS) is 10.9. The van der Waals surface area contributed by atoms with E-state index in [9.17, 15) is 9.59 Å². The summed E-state index contributed by atoms with van der Waals surface area (Å²) in [5, 5.41) is 2.05. The third kappa shape index (κ3) is 4.98. The van der Waals surface area contributed by atoms with Gasteiger partial charge in [0.15, 0.2) is 6.61 Å². The molecule has 1 heterocycles. The van der Waals surface area contributed by atoms with Crippen molar-refractivity contribution in [2.24, 2.45) is 0 Å². The van der Waals surface area contributed by atoms with E-state index in [2.05, 4.69) is 26.8 Å². The van der Waals surface area contributed by atoms with Gasteiger partial charge in [0, 0.05) is 6.08 Å². The van der Waals surface area contributed by atoms with Crippen molar-refractivity contribution in [3.8, 4) is 5.75 Å². The smallest absolute Gasteiger partial charge is 0.276 e. The predicted molar refractivity (Wildman–Crippen MR) is 106 cm³/mol. The zero-order valence-electron chi connectivity index (χ0n) is 14.5. The highest BCUT2D eigenvalue weighted by molar-refractivity contribution is 9.10. The number of benzene rings is 2. The number of nitrogens with one attached hydrogen (secondary N) is 2. The third-order valence-corrected chi connectivity index (χ3v) is 4.49. The number of ether oxygens (including phenoxy) is 1. The van der Waals surface area contributed by atoms with Crippen molar-refractivity contribution in [3.05, 3.63) is 70.6 Å². The molecule has 0 saturated heterocycles. The number of rotatable bonds is 5. The van der Waals surface area contributed by atoms with Gasteiger partial charge < -0.3 is 9.15 Å². The van der Waals surface area contributed by atoms with Gasteiger partial charge in [0.25, 0.3) is 11.8 Å². The minimum Gasteiger partial charge on any atom is -0.483 e. The Morgan fingerprint density at radius 1 is 1.11 bits per heavy atom. The van der Waals surface area contributed by atoms with E-state index in [0.717, 1.165) is 21.0 Å². The molecule has 3 rings (SSSR count). The first-order chi connectivity index (χ1) is 13.0. The molecule has 0 saturated carbocycles. The van der Waals surface area contributed by atoms with Gasteiger partial charge in [0.05, 0.1) is 4.47 Å². The van der Waals surface area contributed by atoms with Crippen LogP contribution in [-0.4, -0.2) is 18.4 Å². The molecular weight excluding hydrogens is 412 g/mol. The molecule has 2 aromatic carbocycles. The Labute approximate surface area is 164 Å². The summed E-state index contributed by atoms with van der Waals surface area (Å²) in [4.78, 5) is 23.6. The van der Waals surface area contributed by atoms with E-state index in [-0.39, 0.29) is 6.61 Å². The second kappa shape index (κ2) is 8.55. The Balaban J connectivity index is 1.49. The number of hydrogen-bond acceptors (Lipinski definition) is 4. The summed E-state index contributed by atoms with van der Waals surface area (Å²) in [6.45, 7) is 1.57. The quantitative estimate of drug-likeness (QED) is 0.479. The molecule has 0 aliphatic carbocycles. The number of furan rings is 1. The molecule has 0 spiro atoms. The van der Waals surface area contributed by atoms with Crippen LogP contribution in [0.2, 0.25) is 0 Å². The lowest BCUT2D eigenvalue weighted by atomic mass is 10.1. The third-order valence-electron chi connectivity index (χ3n) is 3.67. The number of carbonyl (C=O) groups is 2. The minimum atomic E-state index is -0.482. The molecule has 0 atom stereocenters. The molecule has 0 bridgehead atoms. The topological polar surface area (TPSA) is 80.6 Å². The van der Waals surface area contributed by atoms with Gasteiger partial charge in [-0.25, -0.2) is 0 Å². The second-order valence-corrected chi connectivity index (χ2v) is 6.50. The van der Waals surface area contributed by atoms with Crippen molar-refractivity contribution < 1.29 is 18.7 Å². The van der Waals surface area contributed by atoms with Gasteiger partial charge in [-0.1, -0.05) is 30.3 Å². The fourth-order valence-corrected chi connectivity index (χ4v) is 2.99. The highest BCUT2D eigenvalue weighted by Gasteiger charge is 2.09. The molecule has 0 radical (unpaired) electrons. The maximum atomic E-state index is 11.9. The van der Waals surface area contributed by atoms with E-state index < -0.39 is 11.8 Å². The van der Waals surface area contributed by atoms with Crippen LogP contribution in [0, 0.1) is 6.92 Å². The monoisotopic (exact) mass is 428 g/mol. The Kier molecular flexibility index (Phi) is 5.93. The number of hydrogen-bond donors (Lipinski definition) is 2. The van der Waals surface area contributed by atoms with Gasteiger partial charge in [-0.3, -0.25) is 20.4 Å². The molecule has 0 fully saturated rings. The molecule has 0 aliphatic heterocycles.